The van der Waals surface area contributed by atoms with Crippen molar-refractivity contribution in [1.29, 1.82) is 0 Å². The first-order chi connectivity index (χ1) is 12.4. The molecule has 7 heteroatoms. The van der Waals surface area contributed by atoms with Crippen molar-refractivity contribution in [2.24, 2.45) is 0 Å². The summed E-state index contributed by atoms with van der Waals surface area (Å²) < 4.78 is 10.6. The highest BCUT2D eigenvalue weighted by molar-refractivity contribution is 7.98. The molecule has 0 N–H and O–H groups in total. The van der Waals surface area contributed by atoms with Gasteiger partial charge in [0.1, 0.15) is 12.4 Å². The summed E-state index contributed by atoms with van der Waals surface area (Å²) in [4.78, 5) is 29.8. The fourth-order valence-corrected chi connectivity index (χ4v) is 4.17. The molecule has 0 unspecified atom stereocenters. The Hall–Kier alpha value is -1.89. The molecule has 1 aromatic carbocycles. The molecule has 0 atom stereocenters. The molecule has 0 spiro atoms. The van der Waals surface area contributed by atoms with E-state index in [9.17, 15) is 9.59 Å². The molecule has 6 nitrogen and oxygen atoms in total. The number of piperidine rings is 1. The third-order valence-corrected chi connectivity index (χ3v) is 5.88. The van der Waals surface area contributed by atoms with Gasteiger partial charge in [-0.3, -0.25) is 9.69 Å². The van der Waals surface area contributed by atoms with Gasteiger partial charge in [-0.1, -0.05) is 0 Å². The monoisotopic (exact) mass is 378 g/mol. The van der Waals surface area contributed by atoms with Gasteiger partial charge in [-0.05, 0) is 51.1 Å². The SMILES string of the molecule is COc1cc(SC)ccc1C(=O)N1CCC(N2C(=O)OCC2(C)C)CC1. The fourth-order valence-electron chi connectivity index (χ4n) is 3.74. The Morgan fingerprint density at radius 2 is 2.00 bits per heavy atom. The molecule has 0 aromatic heterocycles. The number of cyclic esters (lactones) is 1. The summed E-state index contributed by atoms with van der Waals surface area (Å²) in [6, 6.07) is 5.79. The lowest BCUT2D eigenvalue weighted by Gasteiger charge is -2.40. The predicted octanol–water partition coefficient (Wildman–Crippen LogP) is 3.25. The lowest BCUT2D eigenvalue weighted by molar-refractivity contribution is 0.0586. The van der Waals surface area contributed by atoms with Crippen LogP contribution in [0, 0.1) is 0 Å². The Labute approximate surface area is 158 Å². The topological polar surface area (TPSA) is 59.1 Å². The Balaban J connectivity index is 1.68. The molecule has 0 aliphatic carbocycles. The number of likely N-dealkylation sites (tertiary alicyclic amines) is 1. The van der Waals surface area contributed by atoms with E-state index in [4.69, 9.17) is 9.47 Å². The second kappa shape index (κ2) is 7.39. The lowest BCUT2D eigenvalue weighted by atomic mass is 9.96. The van der Waals surface area contributed by atoms with Crippen LogP contribution in [-0.4, -0.2) is 66.4 Å². The largest absolute Gasteiger partial charge is 0.496 e. The molecular formula is C19H26N2O4S. The van der Waals surface area contributed by atoms with Gasteiger partial charge in [-0.25, -0.2) is 4.79 Å². The van der Waals surface area contributed by atoms with Crippen LogP contribution in [0.25, 0.3) is 0 Å². The smallest absolute Gasteiger partial charge is 0.410 e. The maximum atomic E-state index is 12.9. The fraction of sp³-hybridized carbons (Fsp3) is 0.579. The van der Waals surface area contributed by atoms with E-state index in [2.05, 4.69) is 0 Å². The van der Waals surface area contributed by atoms with E-state index in [0.29, 0.717) is 31.0 Å². The van der Waals surface area contributed by atoms with Gasteiger partial charge in [0.25, 0.3) is 5.91 Å². The van der Waals surface area contributed by atoms with Crippen LogP contribution < -0.4 is 4.74 Å². The van der Waals surface area contributed by atoms with E-state index < -0.39 is 0 Å². The summed E-state index contributed by atoms with van der Waals surface area (Å²) in [5.41, 5.74) is 0.301. The van der Waals surface area contributed by atoms with Crippen LogP contribution in [0.3, 0.4) is 0 Å². The average Bonchev–Trinajstić information content (AvgIpc) is 2.93. The first-order valence-corrected chi connectivity index (χ1v) is 10.1. The molecule has 142 valence electrons. The van der Waals surface area contributed by atoms with E-state index >= 15 is 0 Å². The highest BCUT2D eigenvalue weighted by atomic mass is 32.2. The molecule has 0 bridgehead atoms. The Bertz CT molecular complexity index is 699. The lowest BCUT2D eigenvalue weighted by Crippen LogP contribution is -2.53. The van der Waals surface area contributed by atoms with Crippen molar-refractivity contribution >= 4 is 23.8 Å². The van der Waals surface area contributed by atoms with E-state index in [-0.39, 0.29) is 23.6 Å². The van der Waals surface area contributed by atoms with Crippen LogP contribution in [-0.2, 0) is 4.74 Å². The number of rotatable bonds is 4. The quantitative estimate of drug-likeness (QED) is 0.753. The number of carbonyl (C=O) groups excluding carboxylic acids is 2. The van der Waals surface area contributed by atoms with Gasteiger partial charge in [-0.15, -0.1) is 11.8 Å². The van der Waals surface area contributed by atoms with Crippen molar-refractivity contribution in [3.63, 3.8) is 0 Å². The van der Waals surface area contributed by atoms with Gasteiger partial charge in [-0.2, -0.15) is 0 Å². The number of carbonyl (C=O) groups is 2. The molecule has 0 radical (unpaired) electrons. The van der Waals surface area contributed by atoms with Crippen LogP contribution in [0.4, 0.5) is 4.79 Å². The second-order valence-corrected chi connectivity index (χ2v) is 8.21. The van der Waals surface area contributed by atoms with Crippen LogP contribution in [0.2, 0.25) is 0 Å². The summed E-state index contributed by atoms with van der Waals surface area (Å²) in [6.07, 6.45) is 3.27. The molecular weight excluding hydrogens is 352 g/mol. The van der Waals surface area contributed by atoms with Crippen LogP contribution in [0.5, 0.6) is 5.75 Å². The second-order valence-electron chi connectivity index (χ2n) is 7.33. The summed E-state index contributed by atoms with van der Waals surface area (Å²) in [6.45, 7) is 5.71. The van der Waals surface area contributed by atoms with Gasteiger partial charge in [0.2, 0.25) is 0 Å². The number of nitrogens with zero attached hydrogens (tertiary/aromatic N) is 2. The maximum absolute atomic E-state index is 12.9. The number of ether oxygens (including phenoxy) is 2. The zero-order valence-electron chi connectivity index (χ0n) is 15.8. The van der Waals surface area contributed by atoms with Crippen molar-refractivity contribution < 1.29 is 19.1 Å². The average molecular weight is 378 g/mol. The molecule has 0 saturated carbocycles. The number of thioether (sulfide) groups is 1. The first kappa shape index (κ1) is 18.9. The van der Waals surface area contributed by atoms with Gasteiger partial charge in [0.05, 0.1) is 18.2 Å². The predicted molar refractivity (Wildman–Crippen MR) is 101 cm³/mol. The van der Waals surface area contributed by atoms with E-state index in [1.54, 1.807) is 18.9 Å². The number of hydrogen-bond acceptors (Lipinski definition) is 5. The van der Waals surface area contributed by atoms with Crippen LogP contribution in [0.15, 0.2) is 23.1 Å². The van der Waals surface area contributed by atoms with Gasteiger partial charge < -0.3 is 14.4 Å². The molecule has 2 aliphatic heterocycles. The van der Waals surface area contributed by atoms with Crippen molar-refractivity contribution in [3.8, 4) is 5.75 Å². The van der Waals surface area contributed by atoms with Crippen molar-refractivity contribution in [3.05, 3.63) is 23.8 Å². The Morgan fingerprint density at radius 1 is 1.31 bits per heavy atom. The minimum Gasteiger partial charge on any atom is -0.496 e. The van der Waals surface area contributed by atoms with Gasteiger partial charge >= 0.3 is 6.09 Å². The number of methoxy groups -OCH3 is 1. The molecule has 1 aromatic rings. The molecule has 2 aliphatic rings. The van der Waals surface area contributed by atoms with E-state index in [1.165, 1.54) is 0 Å². The highest BCUT2D eigenvalue weighted by Gasteiger charge is 2.45. The van der Waals surface area contributed by atoms with Gasteiger partial charge in [0, 0.05) is 24.0 Å². The summed E-state index contributed by atoms with van der Waals surface area (Å²) >= 11 is 1.61. The van der Waals surface area contributed by atoms with Crippen molar-refractivity contribution in [1.82, 2.24) is 9.80 Å². The third kappa shape index (κ3) is 3.49. The normalized spacial score (nSPS) is 20.2. The molecule has 2 amide bonds. The Kier molecular flexibility index (Phi) is 5.37. The van der Waals surface area contributed by atoms with Crippen molar-refractivity contribution in [2.45, 2.75) is 43.2 Å². The van der Waals surface area contributed by atoms with Crippen LogP contribution in [0.1, 0.15) is 37.0 Å². The molecule has 2 heterocycles. The number of hydrogen-bond donors (Lipinski definition) is 0. The maximum Gasteiger partial charge on any atom is 0.410 e. The van der Waals surface area contributed by atoms with E-state index in [1.807, 2.05) is 48.1 Å². The Morgan fingerprint density at radius 3 is 2.54 bits per heavy atom. The summed E-state index contributed by atoms with van der Waals surface area (Å²) in [7, 11) is 1.59. The third-order valence-electron chi connectivity index (χ3n) is 5.15. The molecule has 3 rings (SSSR count). The minimum atomic E-state index is -0.287. The summed E-state index contributed by atoms with van der Waals surface area (Å²) in [5.74, 6) is 0.587. The first-order valence-electron chi connectivity index (χ1n) is 8.85. The van der Waals surface area contributed by atoms with Crippen LogP contribution >= 0.6 is 11.8 Å². The molecule has 2 fully saturated rings. The minimum absolute atomic E-state index is 0.0174. The van der Waals surface area contributed by atoms with E-state index in [0.717, 1.165) is 17.7 Å². The highest BCUT2D eigenvalue weighted by Crippen LogP contribution is 2.32. The zero-order chi connectivity index (χ0) is 18.9. The molecule has 26 heavy (non-hydrogen) atoms. The van der Waals surface area contributed by atoms with Gasteiger partial charge in [0.15, 0.2) is 0 Å². The zero-order valence-corrected chi connectivity index (χ0v) is 16.6. The number of benzene rings is 1. The summed E-state index contributed by atoms with van der Waals surface area (Å²) in [5, 5.41) is 0. The number of amides is 2. The van der Waals surface area contributed by atoms with Crippen molar-refractivity contribution in [2.75, 3.05) is 33.1 Å². The standard InChI is InChI=1S/C19H26N2O4S/c1-19(2)12-25-18(23)21(19)13-7-9-20(10-8-13)17(22)15-6-5-14(26-4)11-16(15)24-3/h5-6,11,13H,7-10,12H2,1-4H3. The molecule has 2 saturated heterocycles.